The van der Waals surface area contributed by atoms with E-state index >= 15 is 0 Å². The molecule has 120 valence electrons. The predicted octanol–water partition coefficient (Wildman–Crippen LogP) is 5.14. The SMILES string of the molecule is CC.CCC(NC(=O)OC(C)(C)C)c1ccc(C)cc1F. The Morgan fingerprint density at radius 1 is 1.33 bits per heavy atom. The number of hydrogen-bond donors (Lipinski definition) is 1. The molecule has 1 aromatic carbocycles. The van der Waals surface area contributed by atoms with E-state index in [1.807, 2.05) is 33.8 Å². The molecule has 0 saturated heterocycles. The highest BCUT2D eigenvalue weighted by Gasteiger charge is 2.21. The summed E-state index contributed by atoms with van der Waals surface area (Å²) in [6.07, 6.45) is 0.0680. The van der Waals surface area contributed by atoms with Crippen molar-refractivity contribution in [2.45, 2.75) is 66.5 Å². The van der Waals surface area contributed by atoms with Gasteiger partial charge in [0, 0.05) is 5.56 Å². The summed E-state index contributed by atoms with van der Waals surface area (Å²) in [6, 6.07) is 4.62. The number of rotatable bonds is 3. The van der Waals surface area contributed by atoms with Crippen molar-refractivity contribution >= 4 is 6.09 Å². The minimum absolute atomic E-state index is 0.303. The average molecular weight is 297 g/mol. The Bertz CT molecular complexity index is 453. The van der Waals surface area contributed by atoms with Gasteiger partial charge < -0.3 is 10.1 Å². The first-order chi connectivity index (χ1) is 9.73. The first-order valence-corrected chi connectivity index (χ1v) is 7.48. The predicted molar refractivity (Wildman–Crippen MR) is 84.9 cm³/mol. The van der Waals surface area contributed by atoms with E-state index in [4.69, 9.17) is 4.74 Å². The van der Waals surface area contributed by atoms with E-state index in [9.17, 15) is 9.18 Å². The van der Waals surface area contributed by atoms with Gasteiger partial charge in [0.15, 0.2) is 0 Å². The van der Waals surface area contributed by atoms with E-state index in [1.54, 1.807) is 26.8 Å². The maximum Gasteiger partial charge on any atom is 0.408 e. The van der Waals surface area contributed by atoms with Crippen molar-refractivity contribution in [2.75, 3.05) is 0 Å². The minimum Gasteiger partial charge on any atom is -0.444 e. The van der Waals surface area contributed by atoms with Crippen LogP contribution < -0.4 is 5.32 Å². The van der Waals surface area contributed by atoms with E-state index in [0.717, 1.165) is 5.56 Å². The summed E-state index contributed by atoms with van der Waals surface area (Å²) in [5, 5.41) is 2.70. The van der Waals surface area contributed by atoms with Crippen LogP contribution in [-0.4, -0.2) is 11.7 Å². The van der Waals surface area contributed by atoms with Crippen LogP contribution in [0.15, 0.2) is 18.2 Å². The van der Waals surface area contributed by atoms with Gasteiger partial charge in [-0.3, -0.25) is 0 Å². The fourth-order valence-corrected chi connectivity index (χ4v) is 1.76. The van der Waals surface area contributed by atoms with Crippen LogP contribution in [-0.2, 0) is 4.74 Å². The third-order valence-electron chi connectivity index (χ3n) is 2.63. The van der Waals surface area contributed by atoms with E-state index in [2.05, 4.69) is 5.32 Å². The number of carbonyl (C=O) groups is 1. The number of carbonyl (C=O) groups excluding carboxylic acids is 1. The highest BCUT2D eigenvalue weighted by molar-refractivity contribution is 5.68. The summed E-state index contributed by atoms with van der Waals surface area (Å²) in [4.78, 5) is 11.7. The summed E-state index contributed by atoms with van der Waals surface area (Å²) >= 11 is 0. The summed E-state index contributed by atoms with van der Waals surface area (Å²) in [5.74, 6) is -0.303. The van der Waals surface area contributed by atoms with Gasteiger partial charge in [0.2, 0.25) is 0 Å². The monoisotopic (exact) mass is 297 g/mol. The zero-order valence-corrected chi connectivity index (χ0v) is 14.2. The van der Waals surface area contributed by atoms with Crippen LogP contribution in [0.25, 0.3) is 0 Å². The topological polar surface area (TPSA) is 38.3 Å². The number of hydrogen-bond acceptors (Lipinski definition) is 2. The van der Waals surface area contributed by atoms with Gasteiger partial charge in [0.25, 0.3) is 0 Å². The van der Waals surface area contributed by atoms with Crippen LogP contribution in [0, 0.1) is 12.7 Å². The second kappa shape index (κ2) is 8.65. The molecule has 21 heavy (non-hydrogen) atoms. The largest absolute Gasteiger partial charge is 0.444 e. The van der Waals surface area contributed by atoms with Crippen molar-refractivity contribution in [3.8, 4) is 0 Å². The Morgan fingerprint density at radius 2 is 1.90 bits per heavy atom. The van der Waals surface area contributed by atoms with Gasteiger partial charge >= 0.3 is 6.09 Å². The van der Waals surface area contributed by atoms with E-state index in [-0.39, 0.29) is 11.9 Å². The van der Waals surface area contributed by atoms with Crippen molar-refractivity contribution in [2.24, 2.45) is 0 Å². The third kappa shape index (κ3) is 7.11. The first-order valence-electron chi connectivity index (χ1n) is 7.48. The van der Waals surface area contributed by atoms with Gasteiger partial charge in [0.05, 0.1) is 6.04 Å². The molecule has 1 aromatic rings. The molecule has 1 N–H and O–H groups in total. The van der Waals surface area contributed by atoms with Gasteiger partial charge in [-0.15, -0.1) is 0 Å². The van der Waals surface area contributed by atoms with Crippen LogP contribution >= 0.6 is 0 Å². The van der Waals surface area contributed by atoms with Crippen LogP contribution in [0.2, 0.25) is 0 Å². The number of alkyl carbamates (subject to hydrolysis) is 1. The number of ether oxygens (including phenoxy) is 1. The Balaban J connectivity index is 0.00000191. The zero-order chi connectivity index (χ0) is 16.6. The Kier molecular flexibility index (Phi) is 8.00. The van der Waals surface area contributed by atoms with Crippen LogP contribution in [0.5, 0.6) is 0 Å². The number of aryl methyl sites for hydroxylation is 1. The molecular formula is C17H28FNO2. The molecule has 1 rings (SSSR count). The standard InChI is InChI=1S/C15H22FNO2.C2H6/c1-6-13(17-14(18)19-15(3,4)5)11-8-7-10(2)9-12(11)16;1-2/h7-9,13H,6H2,1-5H3,(H,17,18);1-2H3. The summed E-state index contributed by atoms with van der Waals surface area (Å²) in [7, 11) is 0. The van der Waals surface area contributed by atoms with E-state index < -0.39 is 11.7 Å². The summed E-state index contributed by atoms with van der Waals surface area (Å²) in [5.41, 5.74) is 0.779. The molecule has 1 amide bonds. The minimum atomic E-state index is -0.561. The van der Waals surface area contributed by atoms with Crippen molar-refractivity contribution in [3.63, 3.8) is 0 Å². The fourth-order valence-electron chi connectivity index (χ4n) is 1.76. The van der Waals surface area contributed by atoms with Crippen molar-refractivity contribution in [3.05, 3.63) is 35.1 Å². The molecule has 0 aliphatic heterocycles. The number of amides is 1. The number of halogens is 1. The molecule has 0 saturated carbocycles. The molecule has 3 nitrogen and oxygen atoms in total. The van der Waals surface area contributed by atoms with E-state index in [1.165, 1.54) is 6.07 Å². The highest BCUT2D eigenvalue weighted by atomic mass is 19.1. The van der Waals surface area contributed by atoms with Gasteiger partial charge in [-0.1, -0.05) is 32.9 Å². The molecule has 0 aromatic heterocycles. The fraction of sp³-hybridized carbons (Fsp3) is 0.588. The molecule has 0 aliphatic rings. The van der Waals surface area contributed by atoms with Gasteiger partial charge in [-0.25, -0.2) is 9.18 Å². The van der Waals surface area contributed by atoms with Gasteiger partial charge in [-0.2, -0.15) is 0 Å². The number of benzene rings is 1. The Labute approximate surface area is 127 Å². The van der Waals surface area contributed by atoms with Gasteiger partial charge in [0.1, 0.15) is 11.4 Å². The maximum atomic E-state index is 13.9. The summed E-state index contributed by atoms with van der Waals surface area (Å²) < 4.78 is 19.1. The molecule has 0 aliphatic carbocycles. The smallest absolute Gasteiger partial charge is 0.408 e. The van der Waals surface area contributed by atoms with E-state index in [0.29, 0.717) is 12.0 Å². The molecule has 0 radical (unpaired) electrons. The van der Waals surface area contributed by atoms with Crippen molar-refractivity contribution in [1.82, 2.24) is 5.32 Å². The lowest BCUT2D eigenvalue weighted by Crippen LogP contribution is -2.35. The first kappa shape index (κ1) is 19.4. The van der Waals surface area contributed by atoms with Crippen LogP contribution in [0.4, 0.5) is 9.18 Å². The normalized spacial score (nSPS) is 12.0. The second-order valence-electron chi connectivity index (χ2n) is 5.63. The molecule has 4 heteroatoms. The summed E-state index contributed by atoms with van der Waals surface area (Å²) in [6.45, 7) is 13.1. The Morgan fingerprint density at radius 3 is 2.33 bits per heavy atom. The second-order valence-corrected chi connectivity index (χ2v) is 5.63. The van der Waals surface area contributed by atoms with Crippen LogP contribution in [0.1, 0.15) is 65.1 Å². The maximum absolute atomic E-state index is 13.9. The quantitative estimate of drug-likeness (QED) is 0.839. The van der Waals surface area contributed by atoms with Crippen molar-refractivity contribution in [1.29, 1.82) is 0 Å². The molecule has 0 spiro atoms. The lowest BCUT2D eigenvalue weighted by Gasteiger charge is -2.23. The molecular weight excluding hydrogens is 269 g/mol. The van der Waals surface area contributed by atoms with Gasteiger partial charge in [-0.05, 0) is 45.7 Å². The zero-order valence-electron chi connectivity index (χ0n) is 14.2. The molecule has 0 fully saturated rings. The molecule has 1 atom stereocenters. The molecule has 1 unspecified atom stereocenters. The molecule has 0 bridgehead atoms. The molecule has 0 heterocycles. The lowest BCUT2D eigenvalue weighted by molar-refractivity contribution is 0.0501. The average Bonchev–Trinajstić information content (AvgIpc) is 2.37. The third-order valence-corrected chi connectivity index (χ3v) is 2.63. The lowest BCUT2D eigenvalue weighted by atomic mass is 10.0. The van der Waals surface area contributed by atoms with Crippen molar-refractivity contribution < 1.29 is 13.9 Å². The Hall–Kier alpha value is -1.58. The highest BCUT2D eigenvalue weighted by Crippen LogP contribution is 2.21. The van der Waals surface area contributed by atoms with Crippen LogP contribution in [0.3, 0.4) is 0 Å². The number of nitrogens with one attached hydrogen (secondary N) is 1.